The Balaban J connectivity index is 2.19. The molecule has 0 amide bonds. The molecule has 0 aromatic heterocycles. The number of aryl methyl sites for hydroxylation is 1. The van der Waals surface area contributed by atoms with Gasteiger partial charge in [-0.3, -0.25) is 0 Å². The zero-order chi connectivity index (χ0) is 11.4. The minimum absolute atomic E-state index is 0.493. The molecule has 1 aromatic carbocycles. The quantitative estimate of drug-likeness (QED) is 0.847. The Kier molecular flexibility index (Phi) is 3.80. The zero-order valence-corrected chi connectivity index (χ0v) is 9.61. The first-order valence-corrected chi connectivity index (χ1v) is 5.74. The number of methoxy groups -OCH3 is 1. The molecule has 2 rings (SSSR count). The molecule has 1 heterocycles. The van der Waals surface area contributed by atoms with Crippen LogP contribution in [0.5, 0.6) is 5.75 Å². The SMILES string of the molecule is COCCC(O)c1cccc2c1OCCC2. The summed E-state index contributed by atoms with van der Waals surface area (Å²) in [6.45, 7) is 1.31. The third kappa shape index (κ3) is 2.36. The van der Waals surface area contributed by atoms with Crippen molar-refractivity contribution in [1.82, 2.24) is 0 Å². The largest absolute Gasteiger partial charge is 0.493 e. The first-order chi connectivity index (χ1) is 7.83. The molecule has 88 valence electrons. The lowest BCUT2D eigenvalue weighted by molar-refractivity contribution is 0.107. The fourth-order valence-electron chi connectivity index (χ4n) is 2.06. The molecule has 0 radical (unpaired) electrons. The molecule has 3 heteroatoms. The molecule has 1 aliphatic rings. The number of benzene rings is 1. The summed E-state index contributed by atoms with van der Waals surface area (Å²) in [6, 6.07) is 5.99. The molecule has 16 heavy (non-hydrogen) atoms. The highest BCUT2D eigenvalue weighted by molar-refractivity contribution is 5.43. The maximum absolute atomic E-state index is 10.0. The van der Waals surface area contributed by atoms with Crippen LogP contribution in [0.2, 0.25) is 0 Å². The Morgan fingerprint density at radius 2 is 2.38 bits per heavy atom. The molecule has 3 nitrogen and oxygen atoms in total. The summed E-state index contributed by atoms with van der Waals surface area (Å²) in [6.07, 6.45) is 2.22. The van der Waals surface area contributed by atoms with E-state index in [2.05, 4.69) is 6.07 Å². The fourth-order valence-corrected chi connectivity index (χ4v) is 2.06. The Morgan fingerprint density at radius 1 is 1.50 bits per heavy atom. The first-order valence-electron chi connectivity index (χ1n) is 5.74. The number of hydrogen-bond donors (Lipinski definition) is 1. The van der Waals surface area contributed by atoms with Gasteiger partial charge in [0.1, 0.15) is 5.75 Å². The first kappa shape index (κ1) is 11.4. The molecule has 1 unspecified atom stereocenters. The molecule has 0 fully saturated rings. The van der Waals surface area contributed by atoms with Crippen LogP contribution in [0.1, 0.15) is 30.1 Å². The zero-order valence-electron chi connectivity index (χ0n) is 9.61. The number of rotatable bonds is 4. The topological polar surface area (TPSA) is 38.7 Å². The van der Waals surface area contributed by atoms with Crippen LogP contribution in [0.3, 0.4) is 0 Å². The summed E-state index contributed by atoms with van der Waals surface area (Å²) in [4.78, 5) is 0. The van der Waals surface area contributed by atoms with E-state index < -0.39 is 6.10 Å². The Morgan fingerprint density at radius 3 is 3.19 bits per heavy atom. The summed E-state index contributed by atoms with van der Waals surface area (Å²) >= 11 is 0. The molecule has 0 saturated carbocycles. The van der Waals surface area contributed by atoms with Crippen molar-refractivity contribution in [3.05, 3.63) is 29.3 Å². The van der Waals surface area contributed by atoms with Gasteiger partial charge in [0, 0.05) is 25.7 Å². The molecule has 0 saturated heterocycles. The minimum Gasteiger partial charge on any atom is -0.493 e. The summed E-state index contributed by atoms with van der Waals surface area (Å²) in [5, 5.41) is 10.0. The molecular weight excluding hydrogens is 204 g/mol. The maximum Gasteiger partial charge on any atom is 0.128 e. The van der Waals surface area contributed by atoms with E-state index in [1.54, 1.807) is 7.11 Å². The Labute approximate surface area is 96.0 Å². The average molecular weight is 222 g/mol. The van der Waals surface area contributed by atoms with Crippen LogP contribution in [0.25, 0.3) is 0 Å². The number of aliphatic hydroxyl groups excluding tert-OH is 1. The second kappa shape index (κ2) is 5.32. The van der Waals surface area contributed by atoms with E-state index in [0.29, 0.717) is 13.0 Å². The van der Waals surface area contributed by atoms with Crippen molar-refractivity contribution in [3.8, 4) is 5.75 Å². The highest BCUT2D eigenvalue weighted by atomic mass is 16.5. The summed E-state index contributed by atoms with van der Waals surface area (Å²) < 4.78 is 10.6. The van der Waals surface area contributed by atoms with Gasteiger partial charge in [0.25, 0.3) is 0 Å². The van der Waals surface area contributed by atoms with Gasteiger partial charge in [-0.05, 0) is 18.4 Å². The summed E-state index contributed by atoms with van der Waals surface area (Å²) in [5.41, 5.74) is 2.11. The second-order valence-corrected chi connectivity index (χ2v) is 4.08. The van der Waals surface area contributed by atoms with Crippen LogP contribution >= 0.6 is 0 Å². The summed E-state index contributed by atoms with van der Waals surface area (Å²) in [7, 11) is 1.64. The van der Waals surface area contributed by atoms with E-state index in [0.717, 1.165) is 30.8 Å². The number of hydrogen-bond acceptors (Lipinski definition) is 3. The van der Waals surface area contributed by atoms with Gasteiger partial charge in [-0.2, -0.15) is 0 Å². The Bertz CT molecular complexity index is 349. The van der Waals surface area contributed by atoms with Crippen molar-refractivity contribution in [2.45, 2.75) is 25.4 Å². The molecule has 1 atom stereocenters. The molecule has 0 aliphatic carbocycles. The number of ether oxygens (including phenoxy) is 2. The predicted octanol–water partition coefficient (Wildman–Crippen LogP) is 2.08. The second-order valence-electron chi connectivity index (χ2n) is 4.08. The third-order valence-corrected chi connectivity index (χ3v) is 2.92. The van der Waals surface area contributed by atoms with Crippen molar-refractivity contribution in [1.29, 1.82) is 0 Å². The van der Waals surface area contributed by atoms with Crippen LogP contribution in [-0.2, 0) is 11.2 Å². The normalized spacial score (nSPS) is 16.4. The van der Waals surface area contributed by atoms with E-state index in [1.165, 1.54) is 5.56 Å². The lowest BCUT2D eigenvalue weighted by Crippen LogP contribution is -2.12. The lowest BCUT2D eigenvalue weighted by atomic mass is 9.98. The molecule has 1 N–H and O–H groups in total. The number of aliphatic hydroxyl groups is 1. The standard InChI is InChI=1S/C13H18O3/c1-15-9-7-12(14)11-6-2-4-10-5-3-8-16-13(10)11/h2,4,6,12,14H,3,5,7-9H2,1H3. The van der Waals surface area contributed by atoms with Crippen LogP contribution in [0.4, 0.5) is 0 Å². The van der Waals surface area contributed by atoms with E-state index in [9.17, 15) is 5.11 Å². The van der Waals surface area contributed by atoms with E-state index in [1.807, 2.05) is 12.1 Å². The van der Waals surface area contributed by atoms with Gasteiger partial charge in [-0.25, -0.2) is 0 Å². The Hall–Kier alpha value is -1.06. The average Bonchev–Trinajstić information content (AvgIpc) is 2.35. The van der Waals surface area contributed by atoms with Crippen molar-refractivity contribution in [2.24, 2.45) is 0 Å². The molecule has 1 aliphatic heterocycles. The van der Waals surface area contributed by atoms with Gasteiger partial charge < -0.3 is 14.6 Å². The molecule has 0 spiro atoms. The monoisotopic (exact) mass is 222 g/mol. The van der Waals surface area contributed by atoms with Crippen molar-refractivity contribution in [2.75, 3.05) is 20.3 Å². The van der Waals surface area contributed by atoms with Gasteiger partial charge in [0.15, 0.2) is 0 Å². The number of para-hydroxylation sites is 1. The van der Waals surface area contributed by atoms with Crippen LogP contribution in [-0.4, -0.2) is 25.4 Å². The van der Waals surface area contributed by atoms with Gasteiger partial charge in [0.2, 0.25) is 0 Å². The molecule has 1 aromatic rings. The van der Waals surface area contributed by atoms with Crippen LogP contribution in [0, 0.1) is 0 Å². The van der Waals surface area contributed by atoms with Crippen LogP contribution in [0.15, 0.2) is 18.2 Å². The molecule has 0 bridgehead atoms. The van der Waals surface area contributed by atoms with Crippen molar-refractivity contribution >= 4 is 0 Å². The smallest absolute Gasteiger partial charge is 0.128 e. The third-order valence-electron chi connectivity index (χ3n) is 2.92. The number of fused-ring (bicyclic) bond motifs is 1. The predicted molar refractivity (Wildman–Crippen MR) is 61.7 cm³/mol. The maximum atomic E-state index is 10.0. The summed E-state index contributed by atoms with van der Waals surface area (Å²) in [5.74, 6) is 0.886. The van der Waals surface area contributed by atoms with Crippen LogP contribution < -0.4 is 4.74 Å². The van der Waals surface area contributed by atoms with E-state index in [4.69, 9.17) is 9.47 Å². The van der Waals surface area contributed by atoms with Gasteiger partial charge in [0.05, 0.1) is 12.7 Å². The van der Waals surface area contributed by atoms with E-state index in [-0.39, 0.29) is 0 Å². The minimum atomic E-state index is -0.493. The van der Waals surface area contributed by atoms with E-state index >= 15 is 0 Å². The highest BCUT2D eigenvalue weighted by Crippen LogP contribution is 2.33. The molecular formula is C13H18O3. The lowest BCUT2D eigenvalue weighted by Gasteiger charge is -2.22. The van der Waals surface area contributed by atoms with Crippen molar-refractivity contribution < 1.29 is 14.6 Å². The van der Waals surface area contributed by atoms with Gasteiger partial charge in [-0.1, -0.05) is 18.2 Å². The van der Waals surface area contributed by atoms with Crippen molar-refractivity contribution in [3.63, 3.8) is 0 Å². The van der Waals surface area contributed by atoms with Gasteiger partial charge in [-0.15, -0.1) is 0 Å². The fraction of sp³-hybridized carbons (Fsp3) is 0.538. The van der Waals surface area contributed by atoms with Gasteiger partial charge >= 0.3 is 0 Å². The highest BCUT2D eigenvalue weighted by Gasteiger charge is 2.18.